The molecule has 0 heterocycles. The minimum atomic E-state index is 0.340. The van der Waals surface area contributed by atoms with Gasteiger partial charge in [0.05, 0.1) is 12.0 Å². The number of hydrogen-bond donors (Lipinski definition) is 0. The van der Waals surface area contributed by atoms with Crippen molar-refractivity contribution < 1.29 is 4.74 Å². The quantitative estimate of drug-likeness (QED) is 0.675. The standard InChI is InChI=1S/C15H20BrClO/c1-10-5-11(2)7-14(6-10)18-15-4-3-13(16)8-12(15)9-17/h3-4,8,10-11,14H,5-7,9H2,1-2H3. The Bertz CT molecular complexity index is 397. The predicted octanol–water partition coefficient (Wildman–Crippen LogP) is 5.39. The molecule has 100 valence electrons. The number of ether oxygens (including phenoxy) is 1. The van der Waals surface area contributed by atoms with E-state index in [0.717, 1.165) is 40.5 Å². The molecule has 1 saturated carbocycles. The fourth-order valence-electron chi connectivity index (χ4n) is 2.92. The second-order valence-electron chi connectivity index (χ2n) is 5.54. The molecule has 0 aliphatic heterocycles. The smallest absolute Gasteiger partial charge is 0.124 e. The number of alkyl halides is 1. The summed E-state index contributed by atoms with van der Waals surface area (Å²) in [6, 6.07) is 6.07. The van der Waals surface area contributed by atoms with Crippen molar-refractivity contribution in [1.29, 1.82) is 0 Å². The molecule has 2 unspecified atom stereocenters. The van der Waals surface area contributed by atoms with Crippen molar-refractivity contribution in [2.24, 2.45) is 11.8 Å². The third-order valence-corrected chi connectivity index (χ3v) is 4.38. The van der Waals surface area contributed by atoms with Crippen LogP contribution in [0.4, 0.5) is 0 Å². The topological polar surface area (TPSA) is 9.23 Å². The van der Waals surface area contributed by atoms with Gasteiger partial charge in [-0.1, -0.05) is 29.8 Å². The van der Waals surface area contributed by atoms with Gasteiger partial charge in [0.2, 0.25) is 0 Å². The summed E-state index contributed by atoms with van der Waals surface area (Å²) in [4.78, 5) is 0. The monoisotopic (exact) mass is 330 g/mol. The van der Waals surface area contributed by atoms with Crippen LogP contribution in [0.1, 0.15) is 38.7 Å². The van der Waals surface area contributed by atoms with Crippen LogP contribution < -0.4 is 4.74 Å². The first-order valence-electron chi connectivity index (χ1n) is 6.59. The molecule has 0 spiro atoms. The van der Waals surface area contributed by atoms with Gasteiger partial charge in [0.1, 0.15) is 5.75 Å². The van der Waals surface area contributed by atoms with E-state index in [1.807, 2.05) is 18.2 Å². The van der Waals surface area contributed by atoms with Gasteiger partial charge < -0.3 is 4.74 Å². The highest BCUT2D eigenvalue weighted by Crippen LogP contribution is 2.33. The van der Waals surface area contributed by atoms with Crippen LogP contribution in [0.3, 0.4) is 0 Å². The number of benzene rings is 1. The highest BCUT2D eigenvalue weighted by Gasteiger charge is 2.25. The van der Waals surface area contributed by atoms with Gasteiger partial charge in [-0.3, -0.25) is 0 Å². The van der Waals surface area contributed by atoms with Crippen LogP contribution in [0.25, 0.3) is 0 Å². The molecule has 0 radical (unpaired) electrons. The fraction of sp³-hybridized carbons (Fsp3) is 0.600. The maximum atomic E-state index is 6.17. The van der Waals surface area contributed by atoms with Gasteiger partial charge in [0.25, 0.3) is 0 Å². The lowest BCUT2D eigenvalue weighted by Crippen LogP contribution is -2.28. The molecule has 2 rings (SSSR count). The summed E-state index contributed by atoms with van der Waals surface area (Å²) in [6.07, 6.45) is 3.97. The highest BCUT2D eigenvalue weighted by molar-refractivity contribution is 9.10. The molecule has 1 aromatic rings. The zero-order chi connectivity index (χ0) is 13.1. The van der Waals surface area contributed by atoms with E-state index in [1.165, 1.54) is 6.42 Å². The molecule has 1 fully saturated rings. The van der Waals surface area contributed by atoms with Crippen LogP contribution in [0.5, 0.6) is 5.75 Å². The Morgan fingerprint density at radius 1 is 1.22 bits per heavy atom. The average Bonchev–Trinajstić information content (AvgIpc) is 2.30. The molecule has 1 aromatic carbocycles. The molecule has 1 aliphatic rings. The molecule has 1 nitrogen and oxygen atoms in total. The second-order valence-corrected chi connectivity index (χ2v) is 6.73. The van der Waals surface area contributed by atoms with E-state index < -0.39 is 0 Å². The third kappa shape index (κ3) is 3.64. The van der Waals surface area contributed by atoms with Gasteiger partial charge in [0.15, 0.2) is 0 Å². The minimum absolute atomic E-state index is 0.340. The number of rotatable bonds is 3. The maximum Gasteiger partial charge on any atom is 0.124 e. The van der Waals surface area contributed by atoms with Gasteiger partial charge in [0, 0.05) is 10.0 Å². The Hall–Kier alpha value is -0.210. The van der Waals surface area contributed by atoms with Crippen LogP contribution in [-0.2, 0) is 5.88 Å². The lowest BCUT2D eigenvalue weighted by molar-refractivity contribution is 0.100. The van der Waals surface area contributed by atoms with E-state index >= 15 is 0 Å². The van der Waals surface area contributed by atoms with Crippen molar-refractivity contribution in [3.63, 3.8) is 0 Å². The van der Waals surface area contributed by atoms with Gasteiger partial charge in [-0.25, -0.2) is 0 Å². The van der Waals surface area contributed by atoms with Gasteiger partial charge >= 0.3 is 0 Å². The van der Waals surface area contributed by atoms with E-state index in [-0.39, 0.29) is 0 Å². The number of hydrogen-bond acceptors (Lipinski definition) is 1. The molecule has 18 heavy (non-hydrogen) atoms. The Morgan fingerprint density at radius 2 is 1.89 bits per heavy atom. The van der Waals surface area contributed by atoms with Crippen molar-refractivity contribution in [3.05, 3.63) is 28.2 Å². The summed E-state index contributed by atoms with van der Waals surface area (Å²) in [5.41, 5.74) is 1.07. The molecule has 0 bridgehead atoms. The predicted molar refractivity (Wildman–Crippen MR) is 80.3 cm³/mol. The van der Waals surface area contributed by atoms with Crippen molar-refractivity contribution in [2.75, 3.05) is 0 Å². The summed E-state index contributed by atoms with van der Waals surface area (Å²) in [6.45, 7) is 4.63. The molecule has 0 amide bonds. The SMILES string of the molecule is CC1CC(C)CC(Oc2ccc(Br)cc2CCl)C1. The zero-order valence-corrected chi connectivity index (χ0v) is 13.3. The lowest BCUT2D eigenvalue weighted by Gasteiger charge is -2.32. The summed E-state index contributed by atoms with van der Waals surface area (Å²) in [7, 11) is 0. The lowest BCUT2D eigenvalue weighted by atomic mass is 9.82. The Morgan fingerprint density at radius 3 is 2.50 bits per heavy atom. The van der Waals surface area contributed by atoms with Gasteiger partial charge in [-0.15, -0.1) is 11.6 Å². The van der Waals surface area contributed by atoms with E-state index in [9.17, 15) is 0 Å². The van der Waals surface area contributed by atoms with Crippen molar-refractivity contribution in [1.82, 2.24) is 0 Å². The van der Waals surface area contributed by atoms with E-state index in [4.69, 9.17) is 16.3 Å². The van der Waals surface area contributed by atoms with Crippen molar-refractivity contribution >= 4 is 27.5 Å². The highest BCUT2D eigenvalue weighted by atomic mass is 79.9. The zero-order valence-electron chi connectivity index (χ0n) is 11.0. The minimum Gasteiger partial charge on any atom is -0.490 e. The summed E-state index contributed by atoms with van der Waals surface area (Å²) < 4.78 is 7.22. The van der Waals surface area contributed by atoms with E-state index in [2.05, 4.69) is 29.8 Å². The molecule has 2 atom stereocenters. The van der Waals surface area contributed by atoms with Gasteiger partial charge in [-0.2, -0.15) is 0 Å². The number of halogens is 2. The first-order chi connectivity index (χ1) is 8.58. The van der Waals surface area contributed by atoms with Crippen LogP contribution in [0.2, 0.25) is 0 Å². The van der Waals surface area contributed by atoms with Crippen LogP contribution in [0, 0.1) is 11.8 Å². The molecule has 0 saturated heterocycles. The average molecular weight is 332 g/mol. The van der Waals surface area contributed by atoms with E-state index in [0.29, 0.717) is 12.0 Å². The summed E-state index contributed by atoms with van der Waals surface area (Å²) in [5, 5.41) is 0. The van der Waals surface area contributed by atoms with Crippen LogP contribution in [-0.4, -0.2) is 6.10 Å². The third-order valence-electron chi connectivity index (χ3n) is 3.60. The normalized spacial score (nSPS) is 28.1. The summed E-state index contributed by atoms with van der Waals surface area (Å²) >= 11 is 9.45. The van der Waals surface area contributed by atoms with Crippen molar-refractivity contribution in [2.45, 2.75) is 45.1 Å². The summed E-state index contributed by atoms with van der Waals surface area (Å²) in [5.74, 6) is 2.95. The fourth-order valence-corrected chi connectivity index (χ4v) is 3.53. The molecule has 3 heteroatoms. The molecule has 0 aromatic heterocycles. The second kappa shape index (κ2) is 6.29. The Kier molecular flexibility index (Phi) is 4.97. The largest absolute Gasteiger partial charge is 0.490 e. The molecular weight excluding hydrogens is 312 g/mol. The van der Waals surface area contributed by atoms with E-state index in [1.54, 1.807) is 0 Å². The molecule has 1 aliphatic carbocycles. The van der Waals surface area contributed by atoms with Gasteiger partial charge in [-0.05, 0) is 49.3 Å². The van der Waals surface area contributed by atoms with Crippen LogP contribution >= 0.6 is 27.5 Å². The Labute approximate surface area is 123 Å². The molecular formula is C15H20BrClO. The van der Waals surface area contributed by atoms with Crippen LogP contribution in [0.15, 0.2) is 22.7 Å². The maximum absolute atomic E-state index is 6.17. The first kappa shape index (κ1) is 14.2. The molecule has 0 N–H and O–H groups in total. The van der Waals surface area contributed by atoms with Crippen molar-refractivity contribution in [3.8, 4) is 5.75 Å². The Balaban J connectivity index is 2.08. The first-order valence-corrected chi connectivity index (χ1v) is 7.92.